The van der Waals surface area contributed by atoms with Crippen molar-refractivity contribution in [3.05, 3.63) is 39.9 Å². The second kappa shape index (κ2) is 6.75. The first-order chi connectivity index (χ1) is 8.78. The van der Waals surface area contributed by atoms with E-state index in [0.717, 1.165) is 10.0 Å². The minimum Gasteiger partial charge on any atom is -0.444 e. The number of halogens is 1. The van der Waals surface area contributed by atoms with Crippen molar-refractivity contribution in [3.8, 4) is 0 Å². The van der Waals surface area contributed by atoms with Crippen molar-refractivity contribution >= 4 is 28.1 Å². The van der Waals surface area contributed by atoms with E-state index in [1.165, 1.54) is 5.56 Å². The minimum absolute atomic E-state index is 0.398. The number of alkyl carbamates (subject to hydrolysis) is 1. The quantitative estimate of drug-likeness (QED) is 0.899. The van der Waals surface area contributed by atoms with Crippen LogP contribution in [0.2, 0.25) is 0 Å². The first kappa shape index (κ1) is 15.8. The van der Waals surface area contributed by atoms with Gasteiger partial charge in [0.2, 0.25) is 0 Å². The van der Waals surface area contributed by atoms with Gasteiger partial charge in [0.05, 0.1) is 0 Å². The van der Waals surface area contributed by atoms with Gasteiger partial charge in [-0.05, 0) is 51.0 Å². The van der Waals surface area contributed by atoms with E-state index in [1.807, 2.05) is 52.0 Å². The molecule has 1 aromatic carbocycles. The van der Waals surface area contributed by atoms with E-state index in [-0.39, 0.29) is 0 Å². The lowest BCUT2D eigenvalue weighted by Crippen LogP contribution is -2.32. The van der Waals surface area contributed by atoms with Crippen molar-refractivity contribution in [1.82, 2.24) is 5.32 Å². The molecule has 1 rings (SSSR count). The molecule has 0 saturated heterocycles. The van der Waals surface area contributed by atoms with E-state index in [4.69, 9.17) is 4.74 Å². The van der Waals surface area contributed by atoms with Gasteiger partial charge in [0.1, 0.15) is 5.60 Å². The van der Waals surface area contributed by atoms with Gasteiger partial charge >= 0.3 is 6.09 Å². The van der Waals surface area contributed by atoms with E-state index in [2.05, 4.69) is 27.3 Å². The third-order valence-electron chi connectivity index (χ3n) is 2.29. The zero-order valence-corrected chi connectivity index (χ0v) is 13.4. The molecule has 104 valence electrons. The van der Waals surface area contributed by atoms with Crippen molar-refractivity contribution in [2.75, 3.05) is 6.54 Å². The number of nitrogens with one attached hydrogen (secondary N) is 1. The lowest BCUT2D eigenvalue weighted by atomic mass is 10.1. The maximum atomic E-state index is 11.4. The van der Waals surface area contributed by atoms with Gasteiger partial charge in [-0.25, -0.2) is 4.79 Å². The number of amides is 1. The van der Waals surface area contributed by atoms with Gasteiger partial charge in [-0.1, -0.05) is 34.1 Å². The van der Waals surface area contributed by atoms with Crippen LogP contribution in [0.5, 0.6) is 0 Å². The third-order valence-corrected chi connectivity index (χ3v) is 2.79. The zero-order chi connectivity index (χ0) is 14.5. The zero-order valence-electron chi connectivity index (χ0n) is 11.8. The van der Waals surface area contributed by atoms with Crippen molar-refractivity contribution in [3.63, 3.8) is 0 Å². The van der Waals surface area contributed by atoms with Gasteiger partial charge in [0.15, 0.2) is 0 Å². The summed E-state index contributed by atoms with van der Waals surface area (Å²) >= 11 is 3.43. The third kappa shape index (κ3) is 6.43. The lowest BCUT2D eigenvalue weighted by molar-refractivity contribution is 0.0534. The minimum atomic E-state index is -0.462. The Morgan fingerprint density at radius 3 is 2.68 bits per heavy atom. The highest BCUT2D eigenvalue weighted by Crippen LogP contribution is 2.16. The largest absolute Gasteiger partial charge is 0.444 e. The maximum absolute atomic E-state index is 11.4. The number of carbonyl (C=O) groups excluding carboxylic acids is 1. The van der Waals surface area contributed by atoms with Crippen LogP contribution in [-0.2, 0) is 4.74 Å². The molecule has 0 aliphatic heterocycles. The highest BCUT2D eigenvalue weighted by Gasteiger charge is 2.14. The number of ether oxygens (including phenoxy) is 1. The van der Waals surface area contributed by atoms with Crippen molar-refractivity contribution in [2.45, 2.75) is 33.3 Å². The highest BCUT2D eigenvalue weighted by molar-refractivity contribution is 9.10. The fourth-order valence-corrected chi connectivity index (χ4v) is 1.94. The number of benzene rings is 1. The van der Waals surface area contributed by atoms with Crippen molar-refractivity contribution < 1.29 is 9.53 Å². The Kier molecular flexibility index (Phi) is 5.60. The molecular weight excluding hydrogens is 306 g/mol. The van der Waals surface area contributed by atoms with Crippen LogP contribution in [-0.4, -0.2) is 18.2 Å². The Morgan fingerprint density at radius 1 is 1.42 bits per heavy atom. The first-order valence-corrected chi connectivity index (χ1v) is 6.97. The Hall–Kier alpha value is -1.29. The molecule has 19 heavy (non-hydrogen) atoms. The summed E-state index contributed by atoms with van der Waals surface area (Å²) in [5.74, 6) is 0. The summed E-state index contributed by atoms with van der Waals surface area (Å²) in [4.78, 5) is 11.4. The fourth-order valence-electron chi connectivity index (χ4n) is 1.47. The van der Waals surface area contributed by atoms with Gasteiger partial charge < -0.3 is 10.1 Å². The van der Waals surface area contributed by atoms with E-state index in [9.17, 15) is 4.79 Å². The molecule has 1 aromatic rings. The standard InChI is InChI=1S/C15H20BrNO2/c1-11-10-13(16)8-7-12(11)6-5-9-17-14(18)19-15(2,3)4/h5-8,10H,9H2,1-4H3,(H,17,18). The first-order valence-electron chi connectivity index (χ1n) is 6.17. The van der Waals surface area contributed by atoms with Crippen LogP contribution in [0.1, 0.15) is 31.9 Å². The van der Waals surface area contributed by atoms with Crippen molar-refractivity contribution in [1.29, 1.82) is 0 Å². The summed E-state index contributed by atoms with van der Waals surface area (Å²) in [6.45, 7) is 8.02. The number of hydrogen-bond donors (Lipinski definition) is 1. The maximum Gasteiger partial charge on any atom is 0.407 e. The highest BCUT2D eigenvalue weighted by atomic mass is 79.9. The van der Waals surface area contributed by atoms with Crippen LogP contribution in [0, 0.1) is 6.92 Å². The monoisotopic (exact) mass is 325 g/mol. The average Bonchev–Trinajstić information content (AvgIpc) is 2.24. The normalized spacial score (nSPS) is 11.6. The lowest BCUT2D eigenvalue weighted by Gasteiger charge is -2.19. The number of carbonyl (C=O) groups is 1. The second-order valence-corrected chi connectivity index (χ2v) is 6.20. The Labute approximate surface area is 123 Å². The van der Waals surface area contributed by atoms with E-state index >= 15 is 0 Å². The molecule has 0 saturated carbocycles. The Morgan fingerprint density at radius 2 is 2.11 bits per heavy atom. The Balaban J connectivity index is 2.44. The molecule has 0 radical (unpaired) electrons. The molecule has 0 aliphatic rings. The molecule has 0 fully saturated rings. The molecule has 3 nitrogen and oxygen atoms in total. The van der Waals surface area contributed by atoms with Crippen LogP contribution in [0.25, 0.3) is 6.08 Å². The molecule has 4 heteroatoms. The van der Waals surface area contributed by atoms with Crippen LogP contribution in [0.3, 0.4) is 0 Å². The molecule has 0 spiro atoms. The summed E-state index contributed by atoms with van der Waals surface area (Å²) in [5.41, 5.74) is 1.85. The van der Waals surface area contributed by atoms with E-state index in [1.54, 1.807) is 0 Å². The van der Waals surface area contributed by atoms with Crippen LogP contribution in [0.15, 0.2) is 28.7 Å². The number of aryl methyl sites for hydroxylation is 1. The van der Waals surface area contributed by atoms with Gasteiger partial charge in [-0.3, -0.25) is 0 Å². The second-order valence-electron chi connectivity index (χ2n) is 5.29. The molecule has 1 N–H and O–H groups in total. The molecular formula is C15H20BrNO2. The Bertz CT molecular complexity index is 476. The van der Waals surface area contributed by atoms with Gasteiger partial charge in [-0.15, -0.1) is 0 Å². The van der Waals surface area contributed by atoms with E-state index < -0.39 is 11.7 Å². The summed E-state index contributed by atoms with van der Waals surface area (Å²) in [5, 5.41) is 2.68. The van der Waals surface area contributed by atoms with Crippen LogP contribution < -0.4 is 5.32 Å². The van der Waals surface area contributed by atoms with Gasteiger partial charge in [-0.2, -0.15) is 0 Å². The predicted molar refractivity (Wildman–Crippen MR) is 82.1 cm³/mol. The molecule has 0 aromatic heterocycles. The predicted octanol–water partition coefficient (Wildman–Crippen LogP) is 4.30. The molecule has 0 atom stereocenters. The van der Waals surface area contributed by atoms with Gasteiger partial charge in [0.25, 0.3) is 0 Å². The topological polar surface area (TPSA) is 38.3 Å². The summed E-state index contributed by atoms with van der Waals surface area (Å²) in [6.07, 6.45) is 3.49. The number of hydrogen-bond acceptors (Lipinski definition) is 2. The average molecular weight is 326 g/mol. The SMILES string of the molecule is Cc1cc(Br)ccc1C=CCNC(=O)OC(C)(C)C. The smallest absolute Gasteiger partial charge is 0.407 e. The molecule has 0 bridgehead atoms. The summed E-state index contributed by atoms with van der Waals surface area (Å²) in [7, 11) is 0. The number of rotatable bonds is 3. The fraction of sp³-hybridized carbons (Fsp3) is 0.400. The molecule has 0 unspecified atom stereocenters. The molecule has 1 amide bonds. The van der Waals surface area contributed by atoms with Crippen LogP contribution in [0.4, 0.5) is 4.79 Å². The van der Waals surface area contributed by atoms with Crippen molar-refractivity contribution in [2.24, 2.45) is 0 Å². The molecule has 0 aliphatic carbocycles. The summed E-state index contributed by atoms with van der Waals surface area (Å²) < 4.78 is 6.20. The van der Waals surface area contributed by atoms with Crippen LogP contribution >= 0.6 is 15.9 Å². The van der Waals surface area contributed by atoms with Gasteiger partial charge in [0, 0.05) is 11.0 Å². The van der Waals surface area contributed by atoms with E-state index in [0.29, 0.717) is 6.54 Å². The molecule has 0 heterocycles. The summed E-state index contributed by atoms with van der Waals surface area (Å²) in [6, 6.07) is 6.08.